The highest BCUT2D eigenvalue weighted by atomic mass is 15.3. The van der Waals surface area contributed by atoms with E-state index >= 15 is 0 Å². The highest BCUT2D eigenvalue weighted by Crippen LogP contribution is 2.29. The van der Waals surface area contributed by atoms with Crippen LogP contribution in [0, 0.1) is 0 Å². The number of hydrogen-bond acceptors (Lipinski definition) is 6. The third-order valence-electron chi connectivity index (χ3n) is 5.38. The van der Waals surface area contributed by atoms with Crippen LogP contribution in [0.2, 0.25) is 0 Å². The number of rotatable bonds is 3. The lowest BCUT2D eigenvalue weighted by atomic mass is 10.1. The summed E-state index contributed by atoms with van der Waals surface area (Å²) in [6.07, 6.45) is 5.88. The van der Waals surface area contributed by atoms with E-state index < -0.39 is 0 Å². The van der Waals surface area contributed by atoms with Gasteiger partial charge in [0.2, 0.25) is 0 Å². The van der Waals surface area contributed by atoms with Crippen molar-refractivity contribution in [2.45, 2.75) is 18.9 Å². The minimum atomic E-state index is 0.414. The van der Waals surface area contributed by atoms with Gasteiger partial charge < -0.3 is 10.2 Å². The number of H-pyrrole nitrogens is 1. The first-order valence-corrected chi connectivity index (χ1v) is 9.26. The molecule has 1 fully saturated rings. The quantitative estimate of drug-likeness (QED) is 0.582. The number of aryl methyl sites for hydroxylation is 1. The zero-order valence-electron chi connectivity index (χ0n) is 15.5. The van der Waals surface area contributed by atoms with Gasteiger partial charge in [-0.1, -0.05) is 12.1 Å². The Labute approximate surface area is 156 Å². The van der Waals surface area contributed by atoms with Crippen LogP contribution in [0.3, 0.4) is 0 Å². The predicted molar refractivity (Wildman–Crippen MR) is 106 cm³/mol. The van der Waals surface area contributed by atoms with Crippen LogP contribution < -0.4 is 5.32 Å². The normalized spacial score (nSPS) is 16.4. The molecule has 1 aliphatic rings. The molecular weight excluding hydrogens is 340 g/mol. The van der Waals surface area contributed by atoms with Crippen LogP contribution in [0.4, 0.5) is 5.82 Å². The van der Waals surface area contributed by atoms with Crippen molar-refractivity contribution in [2.75, 3.05) is 25.5 Å². The molecule has 4 aromatic rings. The number of hydrogen-bond donors (Lipinski definition) is 2. The van der Waals surface area contributed by atoms with E-state index in [1.54, 1.807) is 4.68 Å². The number of aromatic nitrogens is 6. The van der Waals surface area contributed by atoms with E-state index in [4.69, 9.17) is 9.97 Å². The van der Waals surface area contributed by atoms with E-state index in [0.717, 1.165) is 59.2 Å². The van der Waals surface area contributed by atoms with E-state index in [1.807, 2.05) is 37.6 Å². The number of benzene rings is 1. The average molecular weight is 362 g/mol. The van der Waals surface area contributed by atoms with E-state index in [1.165, 1.54) is 0 Å². The first kappa shape index (κ1) is 16.2. The summed E-state index contributed by atoms with van der Waals surface area (Å²) in [6.45, 7) is 2.19. The number of nitrogens with one attached hydrogen (secondary N) is 2. The van der Waals surface area contributed by atoms with Gasteiger partial charge in [0.05, 0.1) is 23.3 Å². The molecule has 4 heterocycles. The summed E-state index contributed by atoms with van der Waals surface area (Å²) in [5.74, 6) is 1.55. The number of anilines is 1. The number of likely N-dealkylation sites (tertiary alicyclic amines) is 1. The maximum absolute atomic E-state index is 4.90. The lowest BCUT2D eigenvalue weighted by Crippen LogP contribution is -2.36. The van der Waals surface area contributed by atoms with Crippen molar-refractivity contribution in [3.8, 4) is 11.4 Å². The summed E-state index contributed by atoms with van der Waals surface area (Å²) in [5.41, 5.74) is 2.78. The molecule has 0 bridgehead atoms. The van der Waals surface area contributed by atoms with Crippen molar-refractivity contribution in [3.63, 3.8) is 0 Å². The van der Waals surface area contributed by atoms with E-state index in [2.05, 4.69) is 32.6 Å². The first-order valence-electron chi connectivity index (χ1n) is 9.26. The molecule has 138 valence electrons. The van der Waals surface area contributed by atoms with Gasteiger partial charge in [0, 0.05) is 24.0 Å². The molecular formula is C19H22N8. The molecule has 5 rings (SSSR count). The smallest absolute Gasteiger partial charge is 0.164 e. The van der Waals surface area contributed by atoms with Crippen molar-refractivity contribution in [1.82, 2.24) is 34.8 Å². The van der Waals surface area contributed by atoms with Crippen molar-refractivity contribution in [1.29, 1.82) is 0 Å². The largest absolute Gasteiger partial charge is 0.367 e. The molecule has 1 aliphatic heterocycles. The van der Waals surface area contributed by atoms with Crippen LogP contribution in [0.5, 0.6) is 0 Å². The summed E-state index contributed by atoms with van der Waals surface area (Å²) >= 11 is 0. The van der Waals surface area contributed by atoms with Gasteiger partial charge in [-0.25, -0.2) is 9.97 Å². The minimum Gasteiger partial charge on any atom is -0.367 e. The lowest BCUT2D eigenvalue weighted by molar-refractivity contribution is 0.264. The Morgan fingerprint density at radius 3 is 2.78 bits per heavy atom. The van der Waals surface area contributed by atoms with Gasteiger partial charge in [-0.3, -0.25) is 9.78 Å². The zero-order valence-corrected chi connectivity index (χ0v) is 15.5. The van der Waals surface area contributed by atoms with Gasteiger partial charge in [-0.2, -0.15) is 10.2 Å². The molecule has 8 heteroatoms. The Hall–Kier alpha value is -3.00. The molecule has 2 N–H and O–H groups in total. The highest BCUT2D eigenvalue weighted by Gasteiger charge is 2.20. The van der Waals surface area contributed by atoms with E-state index in [9.17, 15) is 0 Å². The topological polar surface area (TPSA) is 87.6 Å². The molecule has 0 atom stereocenters. The van der Waals surface area contributed by atoms with Crippen LogP contribution in [-0.4, -0.2) is 61.0 Å². The summed E-state index contributed by atoms with van der Waals surface area (Å²) in [6, 6.07) is 6.45. The van der Waals surface area contributed by atoms with Gasteiger partial charge in [0.25, 0.3) is 0 Å². The second-order valence-corrected chi connectivity index (χ2v) is 7.26. The highest BCUT2D eigenvalue weighted by molar-refractivity contribution is 5.95. The average Bonchev–Trinajstić information content (AvgIpc) is 3.30. The number of nitrogens with zero attached hydrogens (tertiary/aromatic N) is 6. The molecule has 0 amide bonds. The Balaban J connectivity index is 1.61. The van der Waals surface area contributed by atoms with E-state index in [-0.39, 0.29) is 0 Å². The van der Waals surface area contributed by atoms with Gasteiger partial charge in [-0.05, 0) is 39.0 Å². The molecule has 0 radical (unpaired) electrons. The van der Waals surface area contributed by atoms with Crippen molar-refractivity contribution in [3.05, 3.63) is 30.6 Å². The maximum Gasteiger partial charge on any atom is 0.164 e. The van der Waals surface area contributed by atoms with Crippen LogP contribution in [-0.2, 0) is 7.05 Å². The van der Waals surface area contributed by atoms with Crippen LogP contribution in [0.15, 0.2) is 30.6 Å². The molecule has 3 aromatic heterocycles. The monoisotopic (exact) mass is 362 g/mol. The summed E-state index contributed by atoms with van der Waals surface area (Å²) in [5, 5.41) is 17.2. The molecule has 0 spiro atoms. The molecule has 27 heavy (non-hydrogen) atoms. The molecule has 0 unspecified atom stereocenters. The van der Waals surface area contributed by atoms with Crippen LogP contribution in [0.25, 0.3) is 33.3 Å². The third kappa shape index (κ3) is 2.82. The molecule has 0 aliphatic carbocycles. The second kappa shape index (κ2) is 6.31. The van der Waals surface area contributed by atoms with Gasteiger partial charge in [-0.15, -0.1) is 0 Å². The van der Waals surface area contributed by atoms with Crippen LogP contribution >= 0.6 is 0 Å². The summed E-state index contributed by atoms with van der Waals surface area (Å²) < 4.78 is 1.80. The molecule has 8 nitrogen and oxygen atoms in total. The van der Waals surface area contributed by atoms with E-state index in [0.29, 0.717) is 11.9 Å². The zero-order chi connectivity index (χ0) is 18.4. The Bertz CT molecular complexity index is 1100. The van der Waals surface area contributed by atoms with Gasteiger partial charge >= 0.3 is 0 Å². The fraction of sp³-hybridized carbons (Fsp3) is 0.368. The third-order valence-corrected chi connectivity index (χ3v) is 5.38. The Morgan fingerprint density at radius 2 is 1.93 bits per heavy atom. The first-order chi connectivity index (χ1) is 13.2. The predicted octanol–water partition coefficient (Wildman–Crippen LogP) is 2.41. The Morgan fingerprint density at radius 1 is 1.07 bits per heavy atom. The van der Waals surface area contributed by atoms with Gasteiger partial charge in [0.1, 0.15) is 5.82 Å². The summed E-state index contributed by atoms with van der Waals surface area (Å²) in [4.78, 5) is 12.1. The van der Waals surface area contributed by atoms with Crippen LogP contribution in [0.1, 0.15) is 12.8 Å². The second-order valence-electron chi connectivity index (χ2n) is 7.26. The number of fused-ring (bicyclic) bond motifs is 2. The molecule has 0 saturated carbocycles. The fourth-order valence-corrected chi connectivity index (χ4v) is 3.76. The fourth-order valence-electron chi connectivity index (χ4n) is 3.76. The lowest BCUT2D eigenvalue weighted by Gasteiger charge is -2.30. The SMILES string of the molecule is CN1CCC(Nc2nc(-c3cccc4[nH]ncc34)nc3c2cnn3C)CC1. The summed E-state index contributed by atoms with van der Waals surface area (Å²) in [7, 11) is 4.08. The Kier molecular flexibility index (Phi) is 3.78. The van der Waals surface area contributed by atoms with Crippen molar-refractivity contribution >= 4 is 27.8 Å². The minimum absolute atomic E-state index is 0.414. The number of aromatic amines is 1. The van der Waals surface area contributed by atoms with Crippen molar-refractivity contribution in [2.24, 2.45) is 7.05 Å². The van der Waals surface area contributed by atoms with Crippen molar-refractivity contribution < 1.29 is 0 Å². The van der Waals surface area contributed by atoms with Gasteiger partial charge in [0.15, 0.2) is 11.5 Å². The maximum atomic E-state index is 4.90. The standard InChI is InChI=1S/C19H22N8/c1-26-8-6-12(7-9-26)22-18-15-11-21-27(2)19(15)24-17(23-18)13-4-3-5-16-14(13)10-20-25-16/h3-5,10-12H,6-9H2,1-2H3,(H,20,25)(H,22,23,24). The molecule has 1 saturated heterocycles. The number of piperidine rings is 1. The molecule has 1 aromatic carbocycles.